The first-order valence-electron chi connectivity index (χ1n) is 5.81. The molecule has 15 heavy (non-hydrogen) atoms. The van der Waals surface area contributed by atoms with E-state index in [0.29, 0.717) is 6.04 Å². The summed E-state index contributed by atoms with van der Waals surface area (Å²) in [6, 6.07) is 7.25. The summed E-state index contributed by atoms with van der Waals surface area (Å²) < 4.78 is 12.7. The van der Waals surface area contributed by atoms with Crippen LogP contribution in [0.25, 0.3) is 0 Å². The molecule has 0 saturated heterocycles. The topological polar surface area (TPSA) is 12.0 Å². The van der Waals surface area contributed by atoms with Gasteiger partial charge in [-0.25, -0.2) is 4.39 Å². The third kappa shape index (κ3) is 2.95. The third-order valence-corrected chi connectivity index (χ3v) is 2.99. The summed E-state index contributed by atoms with van der Waals surface area (Å²) in [5, 5.41) is 3.50. The maximum atomic E-state index is 12.7. The minimum atomic E-state index is -0.168. The van der Waals surface area contributed by atoms with Crippen molar-refractivity contribution in [2.75, 3.05) is 5.32 Å². The predicted octanol–water partition coefficient (Wildman–Crippen LogP) is 3.82. The molecule has 82 valence electrons. The van der Waals surface area contributed by atoms with Gasteiger partial charge < -0.3 is 5.32 Å². The number of hydrogen-bond acceptors (Lipinski definition) is 1. The van der Waals surface area contributed by atoms with Gasteiger partial charge in [-0.3, -0.25) is 0 Å². The van der Waals surface area contributed by atoms with Crippen LogP contribution < -0.4 is 5.32 Å². The van der Waals surface area contributed by atoms with E-state index in [1.807, 2.05) is 12.1 Å². The van der Waals surface area contributed by atoms with E-state index in [2.05, 4.69) is 12.2 Å². The first-order chi connectivity index (χ1) is 7.29. The molecule has 1 nitrogen and oxygen atoms in total. The highest BCUT2D eigenvalue weighted by atomic mass is 19.1. The fourth-order valence-corrected chi connectivity index (χ4v) is 2.00. The van der Waals surface area contributed by atoms with E-state index in [1.54, 1.807) is 0 Å². The lowest BCUT2D eigenvalue weighted by atomic mass is 10.1. The fourth-order valence-electron chi connectivity index (χ4n) is 2.00. The average molecular weight is 207 g/mol. The Kier molecular flexibility index (Phi) is 3.24. The second-order valence-electron chi connectivity index (χ2n) is 4.38. The zero-order valence-corrected chi connectivity index (χ0v) is 9.17. The van der Waals surface area contributed by atoms with E-state index in [1.165, 1.54) is 37.8 Å². The molecule has 1 aliphatic rings. The Morgan fingerprint density at radius 1 is 1.33 bits per heavy atom. The summed E-state index contributed by atoms with van der Waals surface area (Å²) in [5.74, 6) is 0.675. The standard InChI is InChI=1S/C13H18FN/c1-2-3-13(10-4-5-10)15-12-8-6-11(14)7-9-12/h6-10,13,15H,2-5H2,1H3. The molecule has 1 saturated carbocycles. The van der Waals surface area contributed by atoms with Gasteiger partial charge in [-0.15, -0.1) is 0 Å². The minimum Gasteiger partial charge on any atom is -0.382 e. The van der Waals surface area contributed by atoms with Crippen molar-refractivity contribution in [2.24, 2.45) is 5.92 Å². The number of hydrogen-bond donors (Lipinski definition) is 1. The molecule has 1 unspecified atom stereocenters. The van der Waals surface area contributed by atoms with Crippen LogP contribution in [-0.4, -0.2) is 6.04 Å². The third-order valence-electron chi connectivity index (χ3n) is 2.99. The molecule has 0 spiro atoms. The van der Waals surface area contributed by atoms with E-state index in [0.717, 1.165) is 11.6 Å². The number of nitrogens with one attached hydrogen (secondary N) is 1. The Morgan fingerprint density at radius 2 is 2.00 bits per heavy atom. The van der Waals surface area contributed by atoms with Gasteiger partial charge in [0, 0.05) is 11.7 Å². The molecule has 0 radical (unpaired) electrons. The zero-order valence-electron chi connectivity index (χ0n) is 9.17. The maximum absolute atomic E-state index is 12.7. The smallest absolute Gasteiger partial charge is 0.123 e. The quantitative estimate of drug-likeness (QED) is 0.774. The lowest BCUT2D eigenvalue weighted by Crippen LogP contribution is -2.21. The van der Waals surface area contributed by atoms with E-state index < -0.39 is 0 Å². The summed E-state index contributed by atoms with van der Waals surface area (Å²) in [6.45, 7) is 2.21. The maximum Gasteiger partial charge on any atom is 0.123 e. The van der Waals surface area contributed by atoms with Gasteiger partial charge in [0.2, 0.25) is 0 Å². The van der Waals surface area contributed by atoms with Crippen molar-refractivity contribution >= 4 is 5.69 Å². The molecule has 0 heterocycles. The van der Waals surface area contributed by atoms with Crippen molar-refractivity contribution in [3.8, 4) is 0 Å². The second kappa shape index (κ2) is 4.65. The molecular formula is C13H18FN. The summed E-state index contributed by atoms with van der Waals surface area (Å²) >= 11 is 0. The van der Waals surface area contributed by atoms with Gasteiger partial charge in [-0.2, -0.15) is 0 Å². The summed E-state index contributed by atoms with van der Waals surface area (Å²) in [4.78, 5) is 0. The Labute approximate surface area is 90.7 Å². The zero-order chi connectivity index (χ0) is 10.7. The van der Waals surface area contributed by atoms with Crippen LogP contribution in [-0.2, 0) is 0 Å². The highest BCUT2D eigenvalue weighted by molar-refractivity contribution is 5.44. The first kappa shape index (κ1) is 10.5. The highest BCUT2D eigenvalue weighted by Gasteiger charge is 2.30. The largest absolute Gasteiger partial charge is 0.382 e. The molecule has 1 N–H and O–H groups in total. The fraction of sp³-hybridized carbons (Fsp3) is 0.538. The van der Waals surface area contributed by atoms with Crippen LogP contribution >= 0.6 is 0 Å². The molecule has 1 aromatic rings. The molecule has 2 heteroatoms. The van der Waals surface area contributed by atoms with Crippen LogP contribution in [0.1, 0.15) is 32.6 Å². The van der Waals surface area contributed by atoms with Crippen molar-refractivity contribution in [2.45, 2.75) is 38.6 Å². The van der Waals surface area contributed by atoms with Crippen LogP contribution in [0.5, 0.6) is 0 Å². The monoisotopic (exact) mass is 207 g/mol. The van der Waals surface area contributed by atoms with E-state index >= 15 is 0 Å². The van der Waals surface area contributed by atoms with Crippen LogP contribution in [0.15, 0.2) is 24.3 Å². The average Bonchev–Trinajstić information content (AvgIpc) is 3.04. The molecule has 0 amide bonds. The van der Waals surface area contributed by atoms with Gasteiger partial charge in [0.1, 0.15) is 5.82 Å². The Balaban J connectivity index is 1.95. The van der Waals surface area contributed by atoms with Gasteiger partial charge in [-0.05, 0) is 49.4 Å². The normalized spacial score (nSPS) is 17.5. The lowest BCUT2D eigenvalue weighted by Gasteiger charge is -2.18. The highest BCUT2D eigenvalue weighted by Crippen LogP contribution is 2.36. The van der Waals surface area contributed by atoms with Crippen LogP contribution in [0, 0.1) is 11.7 Å². The Bertz CT molecular complexity index is 303. The van der Waals surface area contributed by atoms with E-state index in [-0.39, 0.29) is 5.82 Å². The van der Waals surface area contributed by atoms with E-state index in [9.17, 15) is 4.39 Å². The summed E-state index contributed by atoms with van der Waals surface area (Å²) in [7, 11) is 0. The molecule has 1 atom stereocenters. The van der Waals surface area contributed by atoms with Crippen LogP contribution in [0.2, 0.25) is 0 Å². The summed E-state index contributed by atoms with van der Waals surface area (Å²) in [5.41, 5.74) is 1.04. The van der Waals surface area contributed by atoms with Gasteiger partial charge >= 0.3 is 0 Å². The van der Waals surface area contributed by atoms with E-state index in [4.69, 9.17) is 0 Å². The van der Waals surface area contributed by atoms with Gasteiger partial charge in [0.25, 0.3) is 0 Å². The Hall–Kier alpha value is -1.05. The van der Waals surface area contributed by atoms with Crippen molar-refractivity contribution < 1.29 is 4.39 Å². The first-order valence-corrected chi connectivity index (χ1v) is 5.81. The number of benzene rings is 1. The SMILES string of the molecule is CCCC(Nc1ccc(F)cc1)C1CC1. The second-order valence-corrected chi connectivity index (χ2v) is 4.38. The number of halogens is 1. The van der Waals surface area contributed by atoms with Crippen LogP contribution in [0.3, 0.4) is 0 Å². The molecule has 1 aromatic carbocycles. The minimum absolute atomic E-state index is 0.168. The number of rotatable bonds is 5. The molecular weight excluding hydrogens is 189 g/mol. The van der Waals surface area contributed by atoms with Gasteiger partial charge in [0.15, 0.2) is 0 Å². The lowest BCUT2D eigenvalue weighted by molar-refractivity contribution is 0.577. The van der Waals surface area contributed by atoms with Crippen molar-refractivity contribution in [1.29, 1.82) is 0 Å². The Morgan fingerprint density at radius 3 is 2.53 bits per heavy atom. The molecule has 0 bridgehead atoms. The molecule has 2 rings (SSSR count). The predicted molar refractivity (Wildman–Crippen MR) is 61.4 cm³/mol. The molecule has 1 aliphatic carbocycles. The van der Waals surface area contributed by atoms with Gasteiger partial charge in [-0.1, -0.05) is 13.3 Å². The molecule has 0 aliphatic heterocycles. The number of anilines is 1. The van der Waals surface area contributed by atoms with Crippen LogP contribution in [0.4, 0.5) is 10.1 Å². The van der Waals surface area contributed by atoms with Gasteiger partial charge in [0.05, 0.1) is 0 Å². The molecule has 1 fully saturated rings. The van der Waals surface area contributed by atoms with Crippen molar-refractivity contribution in [3.05, 3.63) is 30.1 Å². The van der Waals surface area contributed by atoms with Crippen molar-refractivity contribution in [1.82, 2.24) is 0 Å². The van der Waals surface area contributed by atoms with Crippen molar-refractivity contribution in [3.63, 3.8) is 0 Å². The summed E-state index contributed by atoms with van der Waals surface area (Å²) in [6.07, 6.45) is 5.11. The molecule has 0 aromatic heterocycles.